The van der Waals surface area contributed by atoms with Crippen LogP contribution in [0.1, 0.15) is 189 Å². The second-order valence-corrected chi connectivity index (χ2v) is 12.6. The predicted molar refractivity (Wildman–Crippen MR) is 163 cm³/mol. The first kappa shape index (κ1) is 35.0. The molecule has 0 aliphatic rings. The molecule has 0 N–H and O–H groups in total. The fraction of sp³-hybridized carbons (Fsp3) is 1.00. The second-order valence-electron chi connectivity index (χ2n) is 12.6. The van der Waals surface area contributed by atoms with E-state index in [-0.39, 0.29) is 0 Å². The molecule has 0 aromatic rings. The number of hydrogen-bond acceptors (Lipinski definition) is 1. The van der Waals surface area contributed by atoms with Gasteiger partial charge in [0.15, 0.2) is 0 Å². The minimum absolute atomic E-state index is 0.886. The van der Waals surface area contributed by atoms with Gasteiger partial charge in [-0.15, -0.1) is 0 Å². The summed E-state index contributed by atoms with van der Waals surface area (Å²) in [6, 6.07) is 0. The lowest BCUT2D eigenvalue weighted by Crippen LogP contribution is -2.27. The molecule has 0 radical (unpaired) electrons. The Morgan fingerprint density at radius 3 is 0.886 bits per heavy atom. The van der Waals surface area contributed by atoms with Crippen molar-refractivity contribution in [1.82, 2.24) is 4.90 Å². The van der Waals surface area contributed by atoms with E-state index in [2.05, 4.69) is 39.5 Å². The Hall–Kier alpha value is -0.0400. The van der Waals surface area contributed by atoms with Crippen LogP contribution in [-0.4, -0.2) is 24.5 Å². The van der Waals surface area contributed by atoms with E-state index in [0.29, 0.717) is 0 Å². The highest BCUT2D eigenvalue weighted by Crippen LogP contribution is 2.15. The molecule has 212 valence electrons. The van der Waals surface area contributed by atoms with Crippen LogP contribution in [0.3, 0.4) is 0 Å². The molecular weight excluding hydrogens is 422 g/mol. The molecule has 0 saturated heterocycles. The molecule has 0 aromatic heterocycles. The van der Waals surface area contributed by atoms with Crippen LogP contribution in [0.2, 0.25) is 0 Å². The van der Waals surface area contributed by atoms with Crippen molar-refractivity contribution in [2.24, 2.45) is 11.8 Å². The maximum absolute atomic E-state index is 2.84. The van der Waals surface area contributed by atoms with Crippen LogP contribution in [0.5, 0.6) is 0 Å². The highest BCUT2D eigenvalue weighted by Gasteiger charge is 2.05. The van der Waals surface area contributed by atoms with E-state index in [4.69, 9.17) is 0 Å². The van der Waals surface area contributed by atoms with Gasteiger partial charge in [0.05, 0.1) is 0 Å². The van der Waals surface area contributed by atoms with Gasteiger partial charge in [-0.05, 0) is 50.7 Å². The van der Waals surface area contributed by atoms with Crippen LogP contribution >= 0.6 is 0 Å². The normalized spacial score (nSPS) is 12.0. The van der Waals surface area contributed by atoms with Crippen molar-refractivity contribution < 1.29 is 0 Å². The molecule has 0 spiro atoms. The molecule has 1 nitrogen and oxygen atoms in total. The van der Waals surface area contributed by atoms with Gasteiger partial charge >= 0.3 is 0 Å². The molecule has 0 aromatic carbocycles. The van der Waals surface area contributed by atoms with Gasteiger partial charge in [-0.3, -0.25) is 0 Å². The summed E-state index contributed by atoms with van der Waals surface area (Å²) in [5.74, 6) is 1.77. The van der Waals surface area contributed by atoms with E-state index in [1.54, 1.807) is 0 Å². The average molecular weight is 494 g/mol. The number of rotatable bonds is 29. The zero-order valence-electron chi connectivity index (χ0n) is 25.7. The molecule has 0 rings (SSSR count). The van der Waals surface area contributed by atoms with Crippen LogP contribution < -0.4 is 0 Å². The first-order valence-corrected chi connectivity index (χ1v) is 16.8. The molecule has 0 fully saturated rings. The molecule has 0 amide bonds. The smallest absolute Gasteiger partial charge is 0.00187 e. The summed E-state index contributed by atoms with van der Waals surface area (Å²) in [6.07, 6.45) is 34.7. The highest BCUT2D eigenvalue weighted by atomic mass is 15.1. The van der Waals surface area contributed by atoms with Crippen molar-refractivity contribution in [3.05, 3.63) is 0 Å². The van der Waals surface area contributed by atoms with Gasteiger partial charge in [-0.25, -0.2) is 0 Å². The zero-order chi connectivity index (χ0) is 25.8. The van der Waals surface area contributed by atoms with Gasteiger partial charge in [0, 0.05) is 0 Å². The third-order valence-electron chi connectivity index (χ3n) is 7.84. The van der Waals surface area contributed by atoms with Crippen LogP contribution in [-0.2, 0) is 0 Å². The van der Waals surface area contributed by atoms with Crippen molar-refractivity contribution >= 4 is 0 Å². The molecule has 0 aliphatic heterocycles. The molecule has 1 heteroatoms. The Balaban J connectivity index is 3.88. The Morgan fingerprint density at radius 2 is 0.600 bits per heavy atom. The fourth-order valence-corrected chi connectivity index (χ4v) is 5.35. The van der Waals surface area contributed by atoms with E-state index in [1.807, 2.05) is 0 Å². The largest absolute Gasteiger partial charge is 0.303 e. The van der Waals surface area contributed by atoms with Gasteiger partial charge in [0.1, 0.15) is 0 Å². The van der Waals surface area contributed by atoms with E-state index < -0.39 is 0 Å². The minimum Gasteiger partial charge on any atom is -0.303 e. The summed E-state index contributed by atoms with van der Waals surface area (Å²) in [6.45, 7) is 15.8. The topological polar surface area (TPSA) is 3.24 Å². The first-order valence-electron chi connectivity index (χ1n) is 16.8. The number of nitrogens with zero attached hydrogens (tertiary/aromatic N) is 1. The van der Waals surface area contributed by atoms with Crippen molar-refractivity contribution in [2.75, 3.05) is 19.6 Å². The lowest BCUT2D eigenvalue weighted by atomic mass is 10.0. The van der Waals surface area contributed by atoms with E-state index in [1.165, 1.54) is 174 Å². The molecule has 0 saturated carbocycles. The molecule has 35 heavy (non-hydrogen) atoms. The highest BCUT2D eigenvalue weighted by molar-refractivity contribution is 4.61. The predicted octanol–water partition coefficient (Wildman–Crippen LogP) is 12.0. The summed E-state index contributed by atoms with van der Waals surface area (Å²) in [5, 5.41) is 0. The lowest BCUT2D eigenvalue weighted by Gasteiger charge is -2.22. The van der Waals surface area contributed by atoms with Gasteiger partial charge in [0.25, 0.3) is 0 Å². The molecule has 0 bridgehead atoms. The lowest BCUT2D eigenvalue weighted by molar-refractivity contribution is 0.254. The third-order valence-corrected chi connectivity index (χ3v) is 7.84. The molecule has 0 unspecified atom stereocenters. The van der Waals surface area contributed by atoms with Crippen molar-refractivity contribution in [3.63, 3.8) is 0 Å². The fourth-order valence-electron chi connectivity index (χ4n) is 5.35. The van der Waals surface area contributed by atoms with Crippen molar-refractivity contribution in [1.29, 1.82) is 0 Å². The molecule has 0 heterocycles. The Bertz CT molecular complexity index is 349. The number of hydrogen-bond donors (Lipinski definition) is 0. The van der Waals surface area contributed by atoms with E-state index >= 15 is 0 Å². The monoisotopic (exact) mass is 494 g/mol. The maximum Gasteiger partial charge on any atom is -0.00187 e. The third kappa shape index (κ3) is 30.1. The van der Waals surface area contributed by atoms with Crippen LogP contribution in [0.25, 0.3) is 0 Å². The zero-order valence-corrected chi connectivity index (χ0v) is 25.7. The van der Waals surface area contributed by atoms with Crippen LogP contribution in [0, 0.1) is 11.8 Å². The summed E-state index contributed by atoms with van der Waals surface area (Å²) >= 11 is 0. The quantitative estimate of drug-likeness (QED) is 0.0936. The van der Waals surface area contributed by atoms with Crippen molar-refractivity contribution in [3.8, 4) is 0 Å². The van der Waals surface area contributed by atoms with Crippen LogP contribution in [0.15, 0.2) is 0 Å². The number of unbranched alkanes of at least 4 members (excludes halogenated alkanes) is 19. The summed E-state index contributed by atoms with van der Waals surface area (Å²) in [5.41, 5.74) is 0. The van der Waals surface area contributed by atoms with Crippen LogP contribution in [0.4, 0.5) is 0 Å². The molecular formula is C34H71N. The maximum atomic E-state index is 2.84. The molecule has 0 atom stereocenters. The van der Waals surface area contributed by atoms with E-state index in [9.17, 15) is 0 Å². The van der Waals surface area contributed by atoms with Gasteiger partial charge in [0.2, 0.25) is 0 Å². The van der Waals surface area contributed by atoms with E-state index in [0.717, 1.165) is 11.8 Å². The SMILES string of the molecule is CCCCCCCCCCN(CCCCCCCCCC(C)C)CCCCCCCCCC(C)C. The van der Waals surface area contributed by atoms with Gasteiger partial charge in [-0.2, -0.15) is 0 Å². The van der Waals surface area contributed by atoms with Gasteiger partial charge < -0.3 is 4.90 Å². The standard InChI is InChI=1S/C34H71N/c1-6-7-8-9-10-15-20-25-30-35(31-26-21-16-11-13-18-23-28-33(2)3)32-27-22-17-12-14-19-24-29-34(4)5/h33-34H,6-32H2,1-5H3. The molecule has 0 aliphatic carbocycles. The first-order chi connectivity index (χ1) is 17.1. The van der Waals surface area contributed by atoms with Gasteiger partial charge in [-0.1, -0.05) is 169 Å². The summed E-state index contributed by atoms with van der Waals surface area (Å²) in [7, 11) is 0. The second kappa shape index (κ2) is 28.5. The van der Waals surface area contributed by atoms with Crippen molar-refractivity contribution in [2.45, 2.75) is 189 Å². The Morgan fingerprint density at radius 1 is 0.343 bits per heavy atom. The Labute approximate surface area is 225 Å². The summed E-state index contributed by atoms with van der Waals surface area (Å²) in [4.78, 5) is 2.84. The Kier molecular flexibility index (Phi) is 28.5. The summed E-state index contributed by atoms with van der Waals surface area (Å²) < 4.78 is 0. The average Bonchev–Trinajstić information content (AvgIpc) is 2.82. The minimum atomic E-state index is 0.886.